The van der Waals surface area contributed by atoms with Crippen LogP contribution in [0.5, 0.6) is 0 Å². The van der Waals surface area contributed by atoms with Gasteiger partial charge in [-0.2, -0.15) is 0 Å². The maximum absolute atomic E-state index is 12.9. The van der Waals surface area contributed by atoms with Crippen molar-refractivity contribution in [2.24, 2.45) is 5.92 Å². The van der Waals surface area contributed by atoms with Crippen LogP contribution >= 0.6 is 0 Å². The average Bonchev–Trinajstić information content (AvgIpc) is 3.19. The standard InChI is InChI=1S/C19H28N6O2/c1-15(2)12-24-8-9-27-17(13-24)11-20-19(26)18(25-14-21-22-23-25)10-16-6-4-3-5-7-16/h3-7,14-15,17-18H,8-13H2,1-2H3,(H,20,26). The maximum atomic E-state index is 12.9. The van der Waals surface area contributed by atoms with Crippen molar-refractivity contribution in [2.75, 3.05) is 32.8 Å². The summed E-state index contributed by atoms with van der Waals surface area (Å²) in [4.78, 5) is 15.2. The molecule has 1 N–H and O–H groups in total. The number of hydrogen-bond donors (Lipinski definition) is 1. The summed E-state index contributed by atoms with van der Waals surface area (Å²) in [6.45, 7) is 8.46. The largest absolute Gasteiger partial charge is 0.374 e. The summed E-state index contributed by atoms with van der Waals surface area (Å²) in [6.07, 6.45) is 2.02. The summed E-state index contributed by atoms with van der Waals surface area (Å²) in [7, 11) is 0. The predicted molar refractivity (Wildman–Crippen MR) is 101 cm³/mol. The van der Waals surface area contributed by atoms with Gasteiger partial charge in [-0.05, 0) is 21.9 Å². The van der Waals surface area contributed by atoms with E-state index < -0.39 is 6.04 Å². The van der Waals surface area contributed by atoms with Crippen LogP contribution in [0.3, 0.4) is 0 Å². The second-order valence-electron chi connectivity index (χ2n) is 7.39. The Balaban J connectivity index is 1.58. The highest BCUT2D eigenvalue weighted by Gasteiger charge is 2.25. The summed E-state index contributed by atoms with van der Waals surface area (Å²) in [5.41, 5.74) is 1.06. The van der Waals surface area contributed by atoms with E-state index in [0.29, 0.717) is 25.5 Å². The molecule has 1 aromatic heterocycles. The quantitative estimate of drug-likeness (QED) is 0.742. The van der Waals surface area contributed by atoms with E-state index in [-0.39, 0.29) is 12.0 Å². The topological polar surface area (TPSA) is 85.2 Å². The van der Waals surface area contributed by atoms with Crippen molar-refractivity contribution >= 4 is 5.91 Å². The van der Waals surface area contributed by atoms with Crippen LogP contribution in [-0.2, 0) is 16.0 Å². The fourth-order valence-electron chi connectivity index (χ4n) is 3.37. The van der Waals surface area contributed by atoms with E-state index in [4.69, 9.17) is 4.74 Å². The third kappa shape index (κ3) is 5.83. The van der Waals surface area contributed by atoms with E-state index in [0.717, 1.165) is 25.2 Å². The molecule has 1 aromatic carbocycles. The van der Waals surface area contributed by atoms with Crippen LogP contribution in [-0.4, -0.2) is 69.9 Å². The predicted octanol–water partition coefficient (Wildman–Crippen LogP) is 0.930. The number of tetrazole rings is 1. The van der Waals surface area contributed by atoms with E-state index in [1.54, 1.807) is 0 Å². The molecule has 2 unspecified atom stereocenters. The minimum absolute atomic E-state index is 0.00713. The third-order valence-corrected chi connectivity index (χ3v) is 4.61. The van der Waals surface area contributed by atoms with Gasteiger partial charge in [-0.3, -0.25) is 9.69 Å². The van der Waals surface area contributed by atoms with Gasteiger partial charge in [0.05, 0.1) is 12.7 Å². The Morgan fingerprint density at radius 1 is 1.33 bits per heavy atom. The van der Waals surface area contributed by atoms with Crippen molar-refractivity contribution in [3.63, 3.8) is 0 Å². The molecule has 1 aliphatic rings. The number of hydrogen-bond acceptors (Lipinski definition) is 6. The van der Waals surface area contributed by atoms with Gasteiger partial charge in [0, 0.05) is 32.6 Å². The fraction of sp³-hybridized carbons (Fsp3) is 0.579. The Kier molecular flexibility index (Phi) is 6.89. The van der Waals surface area contributed by atoms with Gasteiger partial charge in [-0.1, -0.05) is 44.2 Å². The Morgan fingerprint density at radius 2 is 2.15 bits per heavy atom. The summed E-state index contributed by atoms with van der Waals surface area (Å²) < 4.78 is 7.33. The van der Waals surface area contributed by atoms with Crippen LogP contribution in [0, 0.1) is 5.92 Å². The second kappa shape index (κ2) is 9.57. The van der Waals surface area contributed by atoms with Gasteiger partial charge in [-0.25, -0.2) is 4.68 Å². The zero-order valence-electron chi connectivity index (χ0n) is 16.0. The summed E-state index contributed by atoms with van der Waals surface area (Å²) >= 11 is 0. The molecule has 8 heteroatoms. The average molecular weight is 372 g/mol. The molecule has 2 aromatic rings. The molecule has 1 fully saturated rings. The first-order valence-corrected chi connectivity index (χ1v) is 9.50. The van der Waals surface area contributed by atoms with Gasteiger partial charge in [0.25, 0.3) is 0 Å². The molecular weight excluding hydrogens is 344 g/mol. The minimum Gasteiger partial charge on any atom is -0.374 e. The molecule has 146 valence electrons. The van der Waals surface area contributed by atoms with Crippen LogP contribution in [0.15, 0.2) is 36.7 Å². The van der Waals surface area contributed by atoms with Crippen molar-refractivity contribution in [2.45, 2.75) is 32.4 Å². The van der Waals surface area contributed by atoms with Crippen LogP contribution in [0.2, 0.25) is 0 Å². The molecule has 3 rings (SSSR count). The molecule has 0 spiro atoms. The van der Waals surface area contributed by atoms with Crippen LogP contribution in [0.25, 0.3) is 0 Å². The molecule has 1 saturated heterocycles. The third-order valence-electron chi connectivity index (χ3n) is 4.61. The van der Waals surface area contributed by atoms with E-state index in [2.05, 4.69) is 39.6 Å². The molecule has 1 aliphatic heterocycles. The van der Waals surface area contributed by atoms with Gasteiger partial charge < -0.3 is 10.1 Å². The number of ether oxygens (including phenoxy) is 1. The normalized spacial score (nSPS) is 19.1. The lowest BCUT2D eigenvalue weighted by Gasteiger charge is -2.34. The van der Waals surface area contributed by atoms with Crippen molar-refractivity contribution in [3.05, 3.63) is 42.2 Å². The van der Waals surface area contributed by atoms with Crippen molar-refractivity contribution < 1.29 is 9.53 Å². The van der Waals surface area contributed by atoms with Crippen molar-refractivity contribution in [1.82, 2.24) is 30.4 Å². The highest BCUT2D eigenvalue weighted by atomic mass is 16.5. The Morgan fingerprint density at radius 3 is 2.85 bits per heavy atom. The highest BCUT2D eigenvalue weighted by molar-refractivity contribution is 5.80. The number of rotatable bonds is 8. The summed E-state index contributed by atoms with van der Waals surface area (Å²) in [6, 6.07) is 9.39. The Labute approximate surface area is 159 Å². The van der Waals surface area contributed by atoms with E-state index >= 15 is 0 Å². The number of nitrogens with zero attached hydrogens (tertiary/aromatic N) is 5. The van der Waals surface area contributed by atoms with Gasteiger partial charge >= 0.3 is 0 Å². The zero-order valence-corrected chi connectivity index (χ0v) is 16.0. The minimum atomic E-state index is -0.488. The highest BCUT2D eigenvalue weighted by Crippen LogP contribution is 2.14. The molecule has 0 bridgehead atoms. The molecular formula is C19H28N6O2. The van der Waals surface area contributed by atoms with Gasteiger partial charge in [-0.15, -0.1) is 5.10 Å². The molecule has 0 saturated carbocycles. The lowest BCUT2D eigenvalue weighted by atomic mass is 10.1. The molecule has 8 nitrogen and oxygen atoms in total. The number of amides is 1. The number of carbonyl (C=O) groups excluding carboxylic acids is 1. The summed E-state index contributed by atoms with van der Waals surface area (Å²) in [5.74, 6) is 0.518. The fourth-order valence-corrected chi connectivity index (χ4v) is 3.37. The lowest BCUT2D eigenvalue weighted by Crippen LogP contribution is -2.49. The zero-order chi connectivity index (χ0) is 19.1. The van der Waals surface area contributed by atoms with Crippen LogP contribution < -0.4 is 5.32 Å². The Bertz CT molecular complexity index is 691. The van der Waals surface area contributed by atoms with Crippen LogP contribution in [0.4, 0.5) is 0 Å². The second-order valence-corrected chi connectivity index (χ2v) is 7.39. The molecule has 1 amide bonds. The van der Waals surface area contributed by atoms with E-state index in [9.17, 15) is 4.79 Å². The molecule has 0 radical (unpaired) electrons. The lowest BCUT2D eigenvalue weighted by molar-refractivity contribution is -0.125. The van der Waals surface area contributed by atoms with Gasteiger partial charge in [0.2, 0.25) is 5.91 Å². The first-order valence-electron chi connectivity index (χ1n) is 9.50. The first kappa shape index (κ1) is 19.4. The number of nitrogens with one attached hydrogen (secondary N) is 1. The van der Waals surface area contributed by atoms with Gasteiger partial charge in [0.15, 0.2) is 0 Å². The number of morpholine rings is 1. The Hall–Kier alpha value is -2.32. The molecule has 27 heavy (non-hydrogen) atoms. The van der Waals surface area contributed by atoms with Gasteiger partial charge in [0.1, 0.15) is 12.4 Å². The van der Waals surface area contributed by atoms with Crippen molar-refractivity contribution in [1.29, 1.82) is 0 Å². The van der Waals surface area contributed by atoms with E-state index in [1.165, 1.54) is 11.0 Å². The number of carbonyl (C=O) groups is 1. The molecule has 0 aliphatic carbocycles. The number of aromatic nitrogens is 4. The molecule has 2 atom stereocenters. The van der Waals surface area contributed by atoms with Crippen LogP contribution in [0.1, 0.15) is 25.5 Å². The monoisotopic (exact) mass is 372 g/mol. The van der Waals surface area contributed by atoms with E-state index in [1.807, 2.05) is 30.3 Å². The smallest absolute Gasteiger partial charge is 0.245 e. The maximum Gasteiger partial charge on any atom is 0.245 e. The summed E-state index contributed by atoms with van der Waals surface area (Å²) in [5, 5.41) is 14.3. The SMILES string of the molecule is CC(C)CN1CCOC(CNC(=O)C(Cc2ccccc2)n2cnnn2)C1. The number of benzene rings is 1. The molecule has 2 heterocycles. The van der Waals surface area contributed by atoms with Crippen molar-refractivity contribution in [3.8, 4) is 0 Å². The first-order chi connectivity index (χ1) is 13.1.